The summed E-state index contributed by atoms with van der Waals surface area (Å²) in [7, 11) is 0. The highest BCUT2D eigenvalue weighted by atomic mass is 16.7. The minimum absolute atomic E-state index is 0.112. The van der Waals surface area contributed by atoms with Crippen LogP contribution >= 0.6 is 0 Å². The zero-order valence-electron chi connectivity index (χ0n) is 32.2. The first-order valence-electron chi connectivity index (χ1n) is 20.8. The van der Waals surface area contributed by atoms with E-state index in [1.54, 1.807) is 0 Å². The molecule has 1 fully saturated rings. The maximum atomic E-state index is 12.7. The largest absolute Gasteiger partial charge is 0.457 e. The highest BCUT2D eigenvalue weighted by Crippen LogP contribution is 2.22. The number of unbranched alkanes of at least 4 members (excludes halogenated alkanes) is 22. The van der Waals surface area contributed by atoms with Crippen molar-refractivity contribution in [2.45, 2.75) is 218 Å². The average Bonchev–Trinajstić information content (AvgIpc) is 3.11. The summed E-state index contributed by atoms with van der Waals surface area (Å²) in [5.74, 6) is -0.321. The Labute approximate surface area is 305 Å². The Balaban J connectivity index is 2.30. The Morgan fingerprint density at radius 3 is 1.64 bits per heavy atom. The fourth-order valence-electron chi connectivity index (χ4n) is 6.37. The Kier molecular flexibility index (Phi) is 31.7. The van der Waals surface area contributed by atoms with Crippen molar-refractivity contribution in [3.63, 3.8) is 0 Å². The van der Waals surface area contributed by atoms with E-state index in [0.29, 0.717) is 13.0 Å². The summed E-state index contributed by atoms with van der Waals surface area (Å²) in [6, 6.07) is 0. The van der Waals surface area contributed by atoms with E-state index < -0.39 is 43.4 Å². The van der Waals surface area contributed by atoms with Gasteiger partial charge >= 0.3 is 5.97 Å². The number of aliphatic hydroxyl groups is 4. The zero-order chi connectivity index (χ0) is 36.5. The molecule has 0 bridgehead atoms. The number of carbonyl (C=O) groups is 1. The monoisotopic (exact) mass is 715 g/mol. The predicted octanol–water partition coefficient (Wildman–Crippen LogP) is 8.47. The molecule has 9 heteroatoms. The molecule has 6 unspecified atom stereocenters. The maximum absolute atomic E-state index is 12.7. The lowest BCUT2D eigenvalue weighted by molar-refractivity contribution is -0.305. The SMILES string of the molecule is CCCCCC/C=C\CCCCCCCC(=O)OC(COCCCCCCCCCCCCCCCC)COC1OC(CO)C(O)C(O)C1O. The number of ether oxygens (including phenoxy) is 4. The van der Waals surface area contributed by atoms with Crippen LogP contribution in [-0.4, -0.2) is 89.6 Å². The van der Waals surface area contributed by atoms with Gasteiger partial charge in [-0.05, 0) is 38.5 Å². The lowest BCUT2D eigenvalue weighted by atomic mass is 9.99. The van der Waals surface area contributed by atoms with Gasteiger partial charge in [0.2, 0.25) is 0 Å². The predicted molar refractivity (Wildman–Crippen MR) is 201 cm³/mol. The average molecular weight is 715 g/mol. The first-order chi connectivity index (χ1) is 24.4. The summed E-state index contributed by atoms with van der Waals surface area (Å²) >= 11 is 0. The molecule has 6 atom stereocenters. The highest BCUT2D eigenvalue weighted by molar-refractivity contribution is 5.69. The zero-order valence-corrected chi connectivity index (χ0v) is 32.2. The minimum atomic E-state index is -1.53. The third kappa shape index (κ3) is 25.0. The maximum Gasteiger partial charge on any atom is 0.306 e. The van der Waals surface area contributed by atoms with Gasteiger partial charge in [0.1, 0.15) is 30.5 Å². The number of hydrogen-bond acceptors (Lipinski definition) is 9. The van der Waals surface area contributed by atoms with Crippen LogP contribution in [0.25, 0.3) is 0 Å². The molecule has 1 saturated heterocycles. The van der Waals surface area contributed by atoms with Crippen LogP contribution in [0, 0.1) is 0 Å². The van der Waals surface area contributed by atoms with E-state index in [9.17, 15) is 25.2 Å². The fourth-order valence-corrected chi connectivity index (χ4v) is 6.37. The van der Waals surface area contributed by atoms with E-state index in [1.165, 1.54) is 116 Å². The van der Waals surface area contributed by atoms with E-state index in [2.05, 4.69) is 26.0 Å². The van der Waals surface area contributed by atoms with E-state index >= 15 is 0 Å². The van der Waals surface area contributed by atoms with Gasteiger partial charge in [0, 0.05) is 13.0 Å². The molecule has 9 nitrogen and oxygen atoms in total. The molecule has 296 valence electrons. The normalized spacial score (nSPS) is 21.6. The van der Waals surface area contributed by atoms with Gasteiger partial charge in [-0.25, -0.2) is 0 Å². The van der Waals surface area contributed by atoms with Crippen molar-refractivity contribution in [3.8, 4) is 0 Å². The Bertz CT molecular complexity index is 777. The molecule has 50 heavy (non-hydrogen) atoms. The van der Waals surface area contributed by atoms with Gasteiger partial charge in [-0.3, -0.25) is 4.79 Å². The van der Waals surface area contributed by atoms with Crippen molar-refractivity contribution in [1.82, 2.24) is 0 Å². The van der Waals surface area contributed by atoms with Crippen LogP contribution < -0.4 is 0 Å². The Morgan fingerprint density at radius 2 is 1.10 bits per heavy atom. The second-order valence-electron chi connectivity index (χ2n) is 14.4. The van der Waals surface area contributed by atoms with Crippen molar-refractivity contribution in [3.05, 3.63) is 12.2 Å². The van der Waals surface area contributed by atoms with Crippen molar-refractivity contribution in [2.24, 2.45) is 0 Å². The van der Waals surface area contributed by atoms with Crippen molar-refractivity contribution in [1.29, 1.82) is 0 Å². The standard InChI is InChI=1S/C41H78O9/c1-3-5-7-9-11-13-15-17-19-21-23-25-27-29-31-47-33-35(34-48-41-40(46)39(45)38(44)36(32-42)50-41)49-37(43)30-28-26-24-22-20-18-16-14-12-10-8-6-4-2/h14,16,35-36,38-42,44-46H,3-13,15,17-34H2,1-2H3/b16-14-. The molecule has 0 amide bonds. The molecule has 1 rings (SSSR count). The summed E-state index contributed by atoms with van der Waals surface area (Å²) < 4.78 is 22.7. The lowest BCUT2D eigenvalue weighted by Gasteiger charge is -2.39. The Morgan fingerprint density at radius 1 is 0.620 bits per heavy atom. The van der Waals surface area contributed by atoms with Crippen LogP contribution in [0.2, 0.25) is 0 Å². The third-order valence-electron chi connectivity index (χ3n) is 9.68. The van der Waals surface area contributed by atoms with Crippen LogP contribution in [0.3, 0.4) is 0 Å². The lowest BCUT2D eigenvalue weighted by Crippen LogP contribution is -2.59. The topological polar surface area (TPSA) is 135 Å². The molecule has 0 aromatic heterocycles. The molecule has 0 saturated carbocycles. The molecule has 1 heterocycles. The number of rotatable bonds is 35. The van der Waals surface area contributed by atoms with Gasteiger partial charge in [-0.15, -0.1) is 0 Å². The number of carbonyl (C=O) groups excluding carboxylic acids is 1. The van der Waals surface area contributed by atoms with Crippen LogP contribution in [0.4, 0.5) is 0 Å². The van der Waals surface area contributed by atoms with E-state index in [4.69, 9.17) is 18.9 Å². The van der Waals surface area contributed by atoms with Gasteiger partial charge < -0.3 is 39.4 Å². The fraction of sp³-hybridized carbons (Fsp3) is 0.927. The van der Waals surface area contributed by atoms with Crippen LogP contribution in [0.15, 0.2) is 12.2 Å². The number of hydrogen-bond donors (Lipinski definition) is 4. The quantitative estimate of drug-likeness (QED) is 0.0290. The smallest absolute Gasteiger partial charge is 0.306 e. The van der Waals surface area contributed by atoms with Crippen molar-refractivity contribution >= 4 is 5.97 Å². The second kappa shape index (κ2) is 33.7. The number of allylic oxidation sites excluding steroid dienone is 2. The van der Waals surface area contributed by atoms with Gasteiger partial charge in [-0.2, -0.15) is 0 Å². The highest BCUT2D eigenvalue weighted by Gasteiger charge is 2.44. The van der Waals surface area contributed by atoms with E-state index in [-0.39, 0.29) is 19.2 Å². The number of aliphatic hydroxyl groups excluding tert-OH is 4. The summed E-state index contributed by atoms with van der Waals surface area (Å²) in [6.07, 6.45) is 28.0. The molecule has 0 aromatic rings. The summed E-state index contributed by atoms with van der Waals surface area (Å²) in [4.78, 5) is 12.7. The summed E-state index contributed by atoms with van der Waals surface area (Å²) in [5, 5.41) is 40.0. The Hall–Kier alpha value is -1.07. The first kappa shape index (κ1) is 47.0. The molecular formula is C41H78O9. The molecule has 1 aliphatic rings. The molecule has 4 N–H and O–H groups in total. The molecule has 0 spiro atoms. The minimum Gasteiger partial charge on any atom is -0.457 e. The summed E-state index contributed by atoms with van der Waals surface area (Å²) in [5.41, 5.74) is 0. The first-order valence-corrected chi connectivity index (χ1v) is 20.8. The molecular weight excluding hydrogens is 636 g/mol. The van der Waals surface area contributed by atoms with Gasteiger partial charge in [0.05, 0.1) is 19.8 Å². The third-order valence-corrected chi connectivity index (χ3v) is 9.68. The van der Waals surface area contributed by atoms with Crippen LogP contribution in [0.5, 0.6) is 0 Å². The second-order valence-corrected chi connectivity index (χ2v) is 14.4. The molecule has 0 aromatic carbocycles. The molecule has 0 aliphatic carbocycles. The molecule has 0 radical (unpaired) electrons. The van der Waals surface area contributed by atoms with Crippen molar-refractivity contribution in [2.75, 3.05) is 26.4 Å². The van der Waals surface area contributed by atoms with Gasteiger partial charge in [0.25, 0.3) is 0 Å². The van der Waals surface area contributed by atoms with Gasteiger partial charge in [-0.1, -0.05) is 148 Å². The van der Waals surface area contributed by atoms with Crippen LogP contribution in [0.1, 0.15) is 181 Å². The van der Waals surface area contributed by atoms with E-state index in [1.807, 2.05) is 0 Å². The number of esters is 1. The van der Waals surface area contributed by atoms with Crippen LogP contribution in [-0.2, 0) is 23.7 Å². The van der Waals surface area contributed by atoms with Gasteiger partial charge in [0.15, 0.2) is 6.29 Å². The van der Waals surface area contributed by atoms with Crippen molar-refractivity contribution < 1.29 is 44.2 Å². The molecule has 1 aliphatic heterocycles. The summed E-state index contributed by atoms with van der Waals surface area (Å²) in [6.45, 7) is 4.55. The van der Waals surface area contributed by atoms with E-state index in [0.717, 1.165) is 44.9 Å².